The predicted molar refractivity (Wildman–Crippen MR) is 120 cm³/mol. The number of benzene rings is 3. The molecule has 4 heteroatoms. The average Bonchev–Trinajstić information content (AvgIpc) is 2.84. The van der Waals surface area contributed by atoms with Crippen LogP contribution in [0, 0.1) is 0 Å². The van der Waals surface area contributed by atoms with Crippen molar-refractivity contribution in [3.63, 3.8) is 0 Å². The summed E-state index contributed by atoms with van der Waals surface area (Å²) in [5.74, 6) is 0. The molecule has 1 heterocycles. The lowest BCUT2D eigenvalue weighted by Crippen LogP contribution is -2.41. The fourth-order valence-electron chi connectivity index (χ4n) is 3.40. The van der Waals surface area contributed by atoms with E-state index in [4.69, 9.17) is 18.9 Å². The molecule has 160 valence electrons. The summed E-state index contributed by atoms with van der Waals surface area (Å²) >= 11 is 0. The van der Waals surface area contributed by atoms with Gasteiger partial charge in [-0.15, -0.1) is 0 Å². The van der Waals surface area contributed by atoms with Crippen molar-refractivity contribution in [1.82, 2.24) is 0 Å². The quantitative estimate of drug-likeness (QED) is 0.421. The lowest BCUT2D eigenvalue weighted by atomic mass is 10.1. The van der Waals surface area contributed by atoms with Crippen molar-refractivity contribution in [2.45, 2.75) is 38.3 Å². The van der Waals surface area contributed by atoms with E-state index in [1.807, 2.05) is 78.9 Å². The van der Waals surface area contributed by atoms with Gasteiger partial charge in [-0.3, -0.25) is 0 Å². The Hall–Kier alpha value is -2.76. The summed E-state index contributed by atoms with van der Waals surface area (Å²) in [6.45, 7) is 1.96. The molecule has 4 rings (SSSR count). The summed E-state index contributed by atoms with van der Waals surface area (Å²) in [7, 11) is 0. The summed E-state index contributed by atoms with van der Waals surface area (Å²) in [5, 5.41) is 0. The van der Waals surface area contributed by atoms with Gasteiger partial charge in [-0.2, -0.15) is 0 Å². The summed E-state index contributed by atoms with van der Waals surface area (Å²) < 4.78 is 24.2. The van der Waals surface area contributed by atoms with Crippen molar-refractivity contribution in [3.05, 3.63) is 120 Å². The molecule has 0 saturated carbocycles. The summed E-state index contributed by atoms with van der Waals surface area (Å²) in [4.78, 5) is 0. The summed E-state index contributed by atoms with van der Waals surface area (Å²) in [6, 6.07) is 30.4. The van der Waals surface area contributed by atoms with Crippen molar-refractivity contribution in [3.8, 4) is 0 Å². The molecule has 0 aliphatic carbocycles. The molecule has 0 fully saturated rings. The van der Waals surface area contributed by atoms with Gasteiger partial charge in [-0.25, -0.2) is 0 Å². The Morgan fingerprint density at radius 1 is 0.581 bits per heavy atom. The SMILES string of the molecule is C1=C[C@@H](OCc2ccccc2)[C@@H](COCc2ccccc2)O[C@@H]1OCc1ccccc1. The standard InChI is InChI=1S/C27H28O4/c1-4-10-22(11-5-1)18-28-21-26-25(29-19-23-12-6-2-7-13-23)16-17-27(31-26)30-20-24-14-8-3-9-15-24/h1-17,25-27H,18-21H2/t25-,26-,27+/m1/s1. The summed E-state index contributed by atoms with van der Waals surface area (Å²) in [6.07, 6.45) is 3.07. The van der Waals surface area contributed by atoms with E-state index in [0.717, 1.165) is 16.7 Å². The highest BCUT2D eigenvalue weighted by Crippen LogP contribution is 2.20. The maximum atomic E-state index is 6.19. The van der Waals surface area contributed by atoms with Gasteiger partial charge in [0, 0.05) is 0 Å². The van der Waals surface area contributed by atoms with Crippen LogP contribution in [0.2, 0.25) is 0 Å². The largest absolute Gasteiger partial charge is 0.374 e. The van der Waals surface area contributed by atoms with Gasteiger partial charge in [0.15, 0.2) is 6.29 Å². The fraction of sp³-hybridized carbons (Fsp3) is 0.259. The van der Waals surface area contributed by atoms with Crippen LogP contribution in [0.25, 0.3) is 0 Å². The second-order valence-corrected chi connectivity index (χ2v) is 7.49. The van der Waals surface area contributed by atoms with E-state index in [1.165, 1.54) is 0 Å². The first-order valence-corrected chi connectivity index (χ1v) is 10.6. The van der Waals surface area contributed by atoms with Crippen LogP contribution in [0.5, 0.6) is 0 Å². The van der Waals surface area contributed by atoms with Crippen LogP contribution in [0.1, 0.15) is 16.7 Å². The Morgan fingerprint density at radius 3 is 1.68 bits per heavy atom. The molecule has 31 heavy (non-hydrogen) atoms. The molecule has 3 aromatic carbocycles. The molecule has 1 aliphatic rings. The highest BCUT2D eigenvalue weighted by molar-refractivity contribution is 5.15. The van der Waals surface area contributed by atoms with Crippen LogP contribution in [0.4, 0.5) is 0 Å². The molecular weight excluding hydrogens is 388 g/mol. The van der Waals surface area contributed by atoms with E-state index < -0.39 is 6.29 Å². The second-order valence-electron chi connectivity index (χ2n) is 7.49. The minimum atomic E-state index is -0.429. The molecule has 3 aromatic rings. The van der Waals surface area contributed by atoms with Crippen LogP contribution >= 0.6 is 0 Å². The number of hydrogen-bond acceptors (Lipinski definition) is 4. The van der Waals surface area contributed by atoms with Crippen LogP contribution in [0.3, 0.4) is 0 Å². The highest BCUT2D eigenvalue weighted by atomic mass is 16.7. The van der Waals surface area contributed by atoms with Crippen molar-refractivity contribution in [1.29, 1.82) is 0 Å². The Kier molecular flexibility index (Phi) is 8.02. The average molecular weight is 417 g/mol. The minimum absolute atomic E-state index is 0.201. The highest BCUT2D eigenvalue weighted by Gasteiger charge is 2.29. The molecule has 0 spiro atoms. The Bertz CT molecular complexity index is 912. The van der Waals surface area contributed by atoms with Gasteiger partial charge in [0.25, 0.3) is 0 Å². The Morgan fingerprint density at radius 2 is 1.10 bits per heavy atom. The zero-order chi connectivity index (χ0) is 21.1. The zero-order valence-corrected chi connectivity index (χ0v) is 17.5. The molecule has 0 unspecified atom stereocenters. The smallest absolute Gasteiger partial charge is 0.177 e. The number of rotatable bonds is 10. The van der Waals surface area contributed by atoms with Gasteiger partial charge >= 0.3 is 0 Å². The maximum absolute atomic E-state index is 6.19. The van der Waals surface area contributed by atoms with Gasteiger partial charge in [-0.05, 0) is 22.8 Å². The van der Waals surface area contributed by atoms with E-state index in [0.29, 0.717) is 26.4 Å². The van der Waals surface area contributed by atoms with Crippen molar-refractivity contribution in [2.75, 3.05) is 6.61 Å². The third kappa shape index (κ3) is 6.88. The predicted octanol–water partition coefficient (Wildman–Crippen LogP) is 5.29. The van der Waals surface area contributed by atoms with E-state index in [9.17, 15) is 0 Å². The molecule has 0 bridgehead atoms. The third-order valence-corrected chi connectivity index (χ3v) is 5.07. The first kappa shape index (κ1) is 21.5. The maximum Gasteiger partial charge on any atom is 0.177 e. The third-order valence-electron chi connectivity index (χ3n) is 5.07. The van der Waals surface area contributed by atoms with Gasteiger partial charge in [0.1, 0.15) is 12.2 Å². The van der Waals surface area contributed by atoms with Gasteiger partial charge in [-0.1, -0.05) is 97.1 Å². The molecule has 3 atom stereocenters. The normalized spacial score (nSPS) is 20.6. The van der Waals surface area contributed by atoms with Crippen molar-refractivity contribution >= 4 is 0 Å². The Balaban J connectivity index is 1.35. The zero-order valence-electron chi connectivity index (χ0n) is 17.5. The lowest BCUT2D eigenvalue weighted by molar-refractivity contribution is -0.199. The van der Waals surface area contributed by atoms with E-state index >= 15 is 0 Å². The lowest BCUT2D eigenvalue weighted by Gasteiger charge is -2.32. The molecule has 0 N–H and O–H groups in total. The van der Waals surface area contributed by atoms with Crippen LogP contribution in [-0.4, -0.2) is 25.1 Å². The number of hydrogen-bond donors (Lipinski definition) is 0. The summed E-state index contributed by atoms with van der Waals surface area (Å²) in [5.41, 5.74) is 3.37. The molecule has 1 aliphatic heterocycles. The van der Waals surface area contributed by atoms with Crippen LogP contribution < -0.4 is 0 Å². The molecule has 0 radical (unpaired) electrons. The minimum Gasteiger partial charge on any atom is -0.374 e. The molecular formula is C27H28O4. The first-order valence-electron chi connectivity index (χ1n) is 10.6. The van der Waals surface area contributed by atoms with Gasteiger partial charge in [0.05, 0.1) is 26.4 Å². The monoisotopic (exact) mass is 416 g/mol. The van der Waals surface area contributed by atoms with E-state index in [2.05, 4.69) is 24.3 Å². The molecule has 0 amide bonds. The fourth-order valence-corrected chi connectivity index (χ4v) is 3.40. The van der Waals surface area contributed by atoms with Gasteiger partial charge in [0.2, 0.25) is 0 Å². The first-order chi connectivity index (χ1) is 15.4. The van der Waals surface area contributed by atoms with E-state index in [1.54, 1.807) is 0 Å². The molecule has 0 aromatic heterocycles. The molecule has 0 saturated heterocycles. The van der Waals surface area contributed by atoms with Crippen LogP contribution in [-0.2, 0) is 38.8 Å². The Labute approximate surface area is 184 Å². The van der Waals surface area contributed by atoms with E-state index in [-0.39, 0.29) is 12.2 Å². The van der Waals surface area contributed by atoms with Crippen molar-refractivity contribution < 1.29 is 18.9 Å². The van der Waals surface area contributed by atoms with Crippen molar-refractivity contribution in [2.24, 2.45) is 0 Å². The number of ether oxygens (including phenoxy) is 4. The van der Waals surface area contributed by atoms with Gasteiger partial charge < -0.3 is 18.9 Å². The topological polar surface area (TPSA) is 36.9 Å². The van der Waals surface area contributed by atoms with Crippen LogP contribution in [0.15, 0.2) is 103 Å². The molecule has 4 nitrogen and oxygen atoms in total. The second kappa shape index (κ2) is 11.6.